The Morgan fingerprint density at radius 3 is 2.68 bits per heavy atom. The van der Waals surface area contributed by atoms with E-state index in [1.54, 1.807) is 11.3 Å². The minimum absolute atomic E-state index is 0.0944. The van der Waals surface area contributed by atoms with Gasteiger partial charge >= 0.3 is 0 Å². The summed E-state index contributed by atoms with van der Waals surface area (Å²) in [6, 6.07) is 17.4. The van der Waals surface area contributed by atoms with Crippen molar-refractivity contribution < 1.29 is 4.74 Å². The van der Waals surface area contributed by atoms with Gasteiger partial charge in [-0.25, -0.2) is 4.98 Å². The van der Waals surface area contributed by atoms with Crippen LogP contribution in [0.2, 0.25) is 0 Å². The quantitative estimate of drug-likeness (QED) is 0.422. The molecule has 0 radical (unpaired) electrons. The van der Waals surface area contributed by atoms with Crippen molar-refractivity contribution in [1.82, 2.24) is 9.88 Å². The maximum Gasteiger partial charge on any atom is 0.134 e. The molecule has 5 heteroatoms. The molecule has 2 N–H and O–H groups in total. The van der Waals surface area contributed by atoms with Gasteiger partial charge in [0.15, 0.2) is 0 Å². The molecule has 0 amide bonds. The number of likely N-dealkylation sites (tertiary alicyclic amines) is 1. The number of hydrogen-bond acceptors (Lipinski definition) is 5. The molecule has 0 aliphatic carbocycles. The number of rotatable bonds is 10. The normalized spacial score (nSPS) is 16.7. The van der Waals surface area contributed by atoms with Gasteiger partial charge in [0.05, 0.1) is 16.3 Å². The van der Waals surface area contributed by atoms with Crippen LogP contribution in [0.25, 0.3) is 10.2 Å². The largest absolute Gasteiger partial charge is 0.363 e. The number of ether oxygens (including phenoxy) is 1. The second-order valence-electron chi connectivity index (χ2n) is 8.74. The zero-order chi connectivity index (χ0) is 21.5. The number of unbranched alkanes of at least 4 members (excludes halogenated alkanes) is 3. The Morgan fingerprint density at radius 2 is 1.87 bits per heavy atom. The monoisotopic (exact) mass is 437 g/mol. The first-order chi connectivity index (χ1) is 15.2. The van der Waals surface area contributed by atoms with E-state index in [1.807, 2.05) is 0 Å². The summed E-state index contributed by atoms with van der Waals surface area (Å²) in [5.74, 6) is 0. The van der Waals surface area contributed by atoms with Crippen molar-refractivity contribution in [2.75, 3.05) is 26.7 Å². The van der Waals surface area contributed by atoms with E-state index in [0.717, 1.165) is 55.8 Å². The van der Waals surface area contributed by atoms with E-state index in [4.69, 9.17) is 15.5 Å². The molecule has 1 aliphatic rings. The lowest BCUT2D eigenvalue weighted by Gasteiger charge is -2.31. The molecular weight excluding hydrogens is 402 g/mol. The summed E-state index contributed by atoms with van der Waals surface area (Å²) in [5, 5.41) is 1.07. The fraction of sp³-hybridized carbons (Fsp3) is 0.500. The molecule has 0 spiro atoms. The third-order valence-corrected chi connectivity index (χ3v) is 7.28. The van der Waals surface area contributed by atoms with Crippen molar-refractivity contribution in [2.24, 2.45) is 5.73 Å². The summed E-state index contributed by atoms with van der Waals surface area (Å²) >= 11 is 1.76. The van der Waals surface area contributed by atoms with Crippen molar-refractivity contribution in [1.29, 1.82) is 0 Å². The Kier molecular flexibility index (Phi) is 8.09. The van der Waals surface area contributed by atoms with Crippen LogP contribution >= 0.6 is 11.3 Å². The highest BCUT2D eigenvalue weighted by molar-refractivity contribution is 7.18. The van der Waals surface area contributed by atoms with Crippen LogP contribution in [0.1, 0.15) is 60.8 Å². The van der Waals surface area contributed by atoms with E-state index in [2.05, 4.69) is 60.5 Å². The van der Waals surface area contributed by atoms with Gasteiger partial charge in [-0.15, -0.1) is 11.3 Å². The van der Waals surface area contributed by atoms with Gasteiger partial charge in [0.2, 0.25) is 0 Å². The van der Waals surface area contributed by atoms with Gasteiger partial charge < -0.3 is 15.4 Å². The summed E-state index contributed by atoms with van der Waals surface area (Å²) < 4.78 is 7.99. The molecule has 4 rings (SSSR count). The lowest BCUT2D eigenvalue weighted by molar-refractivity contribution is -0.0234. The van der Waals surface area contributed by atoms with Crippen LogP contribution in [0.5, 0.6) is 0 Å². The number of aromatic nitrogens is 1. The Hall–Kier alpha value is -1.79. The number of nitrogens with zero attached hydrogens (tertiary/aromatic N) is 2. The van der Waals surface area contributed by atoms with Gasteiger partial charge in [0.1, 0.15) is 11.1 Å². The van der Waals surface area contributed by atoms with Crippen LogP contribution < -0.4 is 5.73 Å². The highest BCUT2D eigenvalue weighted by Gasteiger charge is 2.26. The van der Waals surface area contributed by atoms with Crippen LogP contribution in [-0.2, 0) is 11.2 Å². The molecule has 1 atom stereocenters. The molecular formula is C26H35N3OS. The van der Waals surface area contributed by atoms with Gasteiger partial charge in [0.25, 0.3) is 0 Å². The summed E-state index contributed by atoms with van der Waals surface area (Å²) in [7, 11) is 2.19. The van der Waals surface area contributed by atoms with Crippen molar-refractivity contribution in [2.45, 2.75) is 57.2 Å². The van der Waals surface area contributed by atoms with Crippen molar-refractivity contribution in [3.63, 3.8) is 0 Å². The van der Waals surface area contributed by atoms with E-state index in [1.165, 1.54) is 35.1 Å². The first-order valence-electron chi connectivity index (χ1n) is 11.7. The van der Waals surface area contributed by atoms with Gasteiger partial charge in [-0.2, -0.15) is 0 Å². The van der Waals surface area contributed by atoms with Gasteiger partial charge in [-0.3, -0.25) is 0 Å². The first-order valence-corrected chi connectivity index (χ1v) is 12.5. The smallest absolute Gasteiger partial charge is 0.134 e. The molecule has 2 aromatic carbocycles. The van der Waals surface area contributed by atoms with E-state index in [0.29, 0.717) is 0 Å². The highest BCUT2D eigenvalue weighted by atomic mass is 32.1. The van der Waals surface area contributed by atoms with E-state index < -0.39 is 0 Å². The maximum absolute atomic E-state index is 6.76. The third-order valence-electron chi connectivity index (χ3n) is 6.20. The van der Waals surface area contributed by atoms with Gasteiger partial charge in [-0.05, 0) is 69.0 Å². The standard InChI is InChI=1S/C26H35N3OS/c1-29-17-14-22(15-18-29)30-25(26-28-23-12-5-6-13-24(23)31-26)21-11-8-10-20(19-21)9-4-2-3-7-16-27/h5-6,8,10-13,19,22,25H,2-4,7,9,14-18,27H2,1H3. The topological polar surface area (TPSA) is 51.4 Å². The summed E-state index contributed by atoms with van der Waals surface area (Å²) in [6.45, 7) is 2.99. The average molecular weight is 438 g/mol. The van der Waals surface area contributed by atoms with Crippen molar-refractivity contribution in [3.8, 4) is 0 Å². The average Bonchev–Trinajstić information content (AvgIpc) is 3.23. The second-order valence-corrected chi connectivity index (χ2v) is 9.80. The molecule has 1 saturated heterocycles. The number of fused-ring (bicyclic) bond motifs is 1. The predicted octanol–water partition coefficient (Wildman–Crippen LogP) is 5.56. The maximum atomic E-state index is 6.76. The molecule has 1 aromatic heterocycles. The van der Waals surface area contributed by atoms with Crippen LogP contribution in [0.15, 0.2) is 48.5 Å². The molecule has 1 aliphatic heterocycles. The van der Waals surface area contributed by atoms with Crippen molar-refractivity contribution >= 4 is 21.6 Å². The van der Waals surface area contributed by atoms with Crippen LogP contribution in [0.4, 0.5) is 0 Å². The molecule has 0 bridgehead atoms. The molecule has 0 saturated carbocycles. The van der Waals surface area contributed by atoms with Crippen molar-refractivity contribution in [3.05, 3.63) is 64.7 Å². The molecule has 3 aromatic rings. The van der Waals surface area contributed by atoms with E-state index in [-0.39, 0.29) is 12.2 Å². The Balaban J connectivity index is 1.54. The number of nitrogens with two attached hydrogens (primary N) is 1. The number of thiazole rings is 1. The first kappa shape index (κ1) is 22.4. The third kappa shape index (κ3) is 6.13. The molecule has 1 fully saturated rings. The zero-order valence-electron chi connectivity index (χ0n) is 18.6. The van der Waals surface area contributed by atoms with Crippen LogP contribution in [-0.4, -0.2) is 42.7 Å². The Bertz CT molecular complexity index is 915. The zero-order valence-corrected chi connectivity index (χ0v) is 19.4. The predicted molar refractivity (Wildman–Crippen MR) is 131 cm³/mol. The molecule has 2 heterocycles. The Labute approximate surface area is 190 Å². The number of benzene rings is 2. The minimum Gasteiger partial charge on any atom is -0.363 e. The SMILES string of the molecule is CN1CCC(OC(c2cccc(CCCCCCN)c2)c2nc3ccccc3s2)CC1. The van der Waals surface area contributed by atoms with Gasteiger partial charge in [0, 0.05) is 13.1 Å². The summed E-state index contributed by atoms with van der Waals surface area (Å²) in [4.78, 5) is 7.35. The van der Waals surface area contributed by atoms with Crippen LogP contribution in [0, 0.1) is 0 Å². The molecule has 1 unspecified atom stereocenters. The molecule has 166 valence electrons. The molecule has 4 nitrogen and oxygen atoms in total. The summed E-state index contributed by atoms with van der Waals surface area (Å²) in [6.07, 6.45) is 8.28. The highest BCUT2D eigenvalue weighted by Crippen LogP contribution is 2.35. The summed E-state index contributed by atoms with van der Waals surface area (Å²) in [5.41, 5.74) is 9.31. The van der Waals surface area contributed by atoms with Crippen LogP contribution in [0.3, 0.4) is 0 Å². The number of piperidine rings is 1. The lowest BCUT2D eigenvalue weighted by atomic mass is 10.0. The minimum atomic E-state index is -0.0944. The lowest BCUT2D eigenvalue weighted by Crippen LogP contribution is -2.35. The second kappa shape index (κ2) is 11.2. The van der Waals surface area contributed by atoms with E-state index >= 15 is 0 Å². The number of aryl methyl sites for hydroxylation is 1. The van der Waals surface area contributed by atoms with Gasteiger partial charge in [-0.1, -0.05) is 49.2 Å². The number of hydrogen-bond donors (Lipinski definition) is 1. The molecule has 31 heavy (non-hydrogen) atoms. The number of para-hydroxylation sites is 1. The van der Waals surface area contributed by atoms with E-state index in [9.17, 15) is 0 Å². The fourth-order valence-corrected chi connectivity index (χ4v) is 5.37. The fourth-order valence-electron chi connectivity index (χ4n) is 4.33. The Morgan fingerprint density at radius 1 is 1.06 bits per heavy atom.